The van der Waals surface area contributed by atoms with Crippen molar-refractivity contribution in [3.63, 3.8) is 0 Å². The molecule has 4 nitrogen and oxygen atoms in total. The maximum absolute atomic E-state index is 11.6. The Morgan fingerprint density at radius 3 is 2.53 bits per heavy atom. The lowest BCUT2D eigenvalue weighted by Gasteiger charge is -2.12. The highest BCUT2D eigenvalue weighted by Crippen LogP contribution is 2.09. The van der Waals surface area contributed by atoms with Crippen LogP contribution in [-0.2, 0) is 4.79 Å². The van der Waals surface area contributed by atoms with Gasteiger partial charge < -0.3 is 16.0 Å². The van der Waals surface area contributed by atoms with Crippen molar-refractivity contribution in [3.8, 4) is 0 Å². The van der Waals surface area contributed by atoms with Crippen LogP contribution in [0.5, 0.6) is 0 Å². The van der Waals surface area contributed by atoms with Crippen molar-refractivity contribution >= 4 is 18.3 Å². The van der Waals surface area contributed by atoms with Crippen LogP contribution in [-0.4, -0.2) is 38.6 Å². The zero-order valence-electron chi connectivity index (χ0n) is 8.92. The van der Waals surface area contributed by atoms with E-state index in [4.69, 9.17) is 0 Å². The minimum Gasteiger partial charge on any atom is -0.355 e. The number of carbonyl (C=O) groups is 1. The van der Waals surface area contributed by atoms with Crippen molar-refractivity contribution < 1.29 is 4.79 Å². The van der Waals surface area contributed by atoms with Crippen molar-refractivity contribution in [2.45, 2.75) is 12.8 Å². The van der Waals surface area contributed by atoms with Crippen LogP contribution in [0, 0.1) is 11.8 Å². The van der Waals surface area contributed by atoms with Gasteiger partial charge in [-0.15, -0.1) is 12.4 Å². The van der Waals surface area contributed by atoms with E-state index in [1.54, 1.807) is 0 Å². The lowest BCUT2D eigenvalue weighted by Crippen LogP contribution is -2.35. The predicted octanol–water partition coefficient (Wildman–Crippen LogP) is -0.257. The molecule has 2 atom stereocenters. The third-order valence-corrected chi connectivity index (χ3v) is 3.16. The lowest BCUT2D eigenvalue weighted by molar-refractivity contribution is -0.124. The molecule has 1 unspecified atom stereocenters. The molecule has 1 amide bonds. The topological polar surface area (TPSA) is 53.2 Å². The average molecular weight is 234 g/mol. The van der Waals surface area contributed by atoms with Crippen LogP contribution in [0.3, 0.4) is 0 Å². The van der Waals surface area contributed by atoms with Crippen molar-refractivity contribution in [1.82, 2.24) is 16.0 Å². The fourth-order valence-electron chi connectivity index (χ4n) is 2.16. The SMILES string of the molecule is Cl.O=C(NCC1CCNC1)[C@@H]1CCNC1. The molecule has 0 radical (unpaired) electrons. The molecule has 0 aromatic rings. The van der Waals surface area contributed by atoms with E-state index in [0.29, 0.717) is 5.92 Å². The van der Waals surface area contributed by atoms with Crippen LogP contribution in [0.25, 0.3) is 0 Å². The van der Waals surface area contributed by atoms with Gasteiger partial charge in [0.05, 0.1) is 5.92 Å². The van der Waals surface area contributed by atoms with Gasteiger partial charge in [0.25, 0.3) is 0 Å². The molecule has 0 bridgehead atoms. The van der Waals surface area contributed by atoms with Gasteiger partial charge in [-0.05, 0) is 38.4 Å². The Morgan fingerprint density at radius 2 is 1.93 bits per heavy atom. The van der Waals surface area contributed by atoms with Crippen molar-refractivity contribution in [3.05, 3.63) is 0 Å². The molecule has 2 fully saturated rings. The fraction of sp³-hybridized carbons (Fsp3) is 0.900. The summed E-state index contributed by atoms with van der Waals surface area (Å²) >= 11 is 0. The molecule has 2 heterocycles. The van der Waals surface area contributed by atoms with Gasteiger partial charge in [-0.1, -0.05) is 0 Å². The Hall–Kier alpha value is -0.320. The normalized spacial score (nSPS) is 29.9. The molecule has 5 heteroatoms. The first kappa shape index (κ1) is 12.7. The summed E-state index contributed by atoms with van der Waals surface area (Å²) in [4.78, 5) is 11.6. The molecular weight excluding hydrogens is 214 g/mol. The first-order valence-electron chi connectivity index (χ1n) is 5.55. The van der Waals surface area contributed by atoms with Crippen LogP contribution < -0.4 is 16.0 Å². The largest absolute Gasteiger partial charge is 0.355 e. The second-order valence-corrected chi connectivity index (χ2v) is 4.29. The van der Waals surface area contributed by atoms with Gasteiger partial charge in [-0.2, -0.15) is 0 Å². The number of rotatable bonds is 3. The maximum Gasteiger partial charge on any atom is 0.224 e. The first-order chi connectivity index (χ1) is 6.86. The third kappa shape index (κ3) is 3.63. The molecule has 0 saturated carbocycles. The van der Waals surface area contributed by atoms with Gasteiger partial charge in [0.1, 0.15) is 0 Å². The van der Waals surface area contributed by atoms with Crippen LogP contribution in [0.2, 0.25) is 0 Å². The van der Waals surface area contributed by atoms with Gasteiger partial charge in [0.15, 0.2) is 0 Å². The summed E-state index contributed by atoms with van der Waals surface area (Å²) in [5.74, 6) is 1.10. The van der Waals surface area contributed by atoms with Crippen LogP contribution in [0.1, 0.15) is 12.8 Å². The molecule has 0 spiro atoms. The highest BCUT2D eigenvalue weighted by Gasteiger charge is 2.23. The van der Waals surface area contributed by atoms with Crippen molar-refractivity contribution in [1.29, 1.82) is 0 Å². The van der Waals surface area contributed by atoms with Crippen LogP contribution >= 0.6 is 12.4 Å². The zero-order valence-corrected chi connectivity index (χ0v) is 9.74. The minimum atomic E-state index is 0. The molecule has 0 aromatic carbocycles. The first-order valence-corrected chi connectivity index (χ1v) is 5.55. The molecule has 15 heavy (non-hydrogen) atoms. The van der Waals surface area contributed by atoms with E-state index in [9.17, 15) is 4.79 Å². The Bertz CT molecular complexity index is 201. The number of carbonyl (C=O) groups excluding carboxylic acids is 1. The van der Waals surface area contributed by atoms with E-state index in [1.165, 1.54) is 6.42 Å². The summed E-state index contributed by atoms with van der Waals surface area (Å²) in [6.07, 6.45) is 2.19. The molecule has 2 aliphatic rings. The number of halogens is 1. The smallest absolute Gasteiger partial charge is 0.224 e. The van der Waals surface area contributed by atoms with Gasteiger partial charge in [-0.3, -0.25) is 4.79 Å². The second-order valence-electron chi connectivity index (χ2n) is 4.29. The molecule has 3 N–H and O–H groups in total. The van der Waals surface area contributed by atoms with E-state index in [-0.39, 0.29) is 24.2 Å². The zero-order chi connectivity index (χ0) is 9.80. The van der Waals surface area contributed by atoms with Gasteiger partial charge >= 0.3 is 0 Å². The quantitative estimate of drug-likeness (QED) is 0.630. The van der Waals surface area contributed by atoms with E-state index in [1.807, 2.05) is 0 Å². The summed E-state index contributed by atoms with van der Waals surface area (Å²) in [7, 11) is 0. The molecule has 0 aromatic heterocycles. The Kier molecular flexibility index (Phi) is 5.36. The predicted molar refractivity (Wildman–Crippen MR) is 62.2 cm³/mol. The fourth-order valence-corrected chi connectivity index (χ4v) is 2.16. The van der Waals surface area contributed by atoms with Gasteiger partial charge in [0, 0.05) is 13.1 Å². The molecule has 2 aliphatic heterocycles. The highest BCUT2D eigenvalue weighted by molar-refractivity contribution is 5.85. The average Bonchev–Trinajstić information content (AvgIpc) is 2.87. The summed E-state index contributed by atoms with van der Waals surface area (Å²) in [5.41, 5.74) is 0. The van der Waals surface area contributed by atoms with E-state index < -0.39 is 0 Å². The monoisotopic (exact) mass is 233 g/mol. The number of hydrogen-bond acceptors (Lipinski definition) is 3. The van der Waals surface area contributed by atoms with Crippen molar-refractivity contribution in [2.75, 3.05) is 32.7 Å². The summed E-state index contributed by atoms with van der Waals surface area (Å²) in [6.45, 7) is 4.86. The summed E-state index contributed by atoms with van der Waals surface area (Å²) in [5, 5.41) is 9.56. The molecule has 2 rings (SSSR count). The second kappa shape index (κ2) is 6.30. The number of amides is 1. The van der Waals surface area contributed by atoms with Crippen LogP contribution in [0.15, 0.2) is 0 Å². The minimum absolute atomic E-state index is 0. The molecule has 2 saturated heterocycles. The van der Waals surface area contributed by atoms with Gasteiger partial charge in [0.2, 0.25) is 5.91 Å². The summed E-state index contributed by atoms with van der Waals surface area (Å²) < 4.78 is 0. The summed E-state index contributed by atoms with van der Waals surface area (Å²) in [6, 6.07) is 0. The van der Waals surface area contributed by atoms with E-state index in [0.717, 1.165) is 39.1 Å². The lowest BCUT2D eigenvalue weighted by atomic mass is 10.1. The van der Waals surface area contributed by atoms with E-state index in [2.05, 4.69) is 16.0 Å². The highest BCUT2D eigenvalue weighted by atomic mass is 35.5. The standard InChI is InChI=1S/C10H19N3O.ClH/c14-10(9-2-4-12-7-9)13-6-8-1-3-11-5-8;/h8-9,11-12H,1-7H2,(H,13,14);1H/t8?,9-;/m1./s1. The van der Waals surface area contributed by atoms with E-state index >= 15 is 0 Å². The van der Waals surface area contributed by atoms with Gasteiger partial charge in [-0.25, -0.2) is 0 Å². The molecular formula is C10H20ClN3O. The number of hydrogen-bond donors (Lipinski definition) is 3. The Balaban J connectivity index is 0.00000112. The third-order valence-electron chi connectivity index (χ3n) is 3.16. The van der Waals surface area contributed by atoms with Crippen molar-refractivity contribution in [2.24, 2.45) is 11.8 Å². The Morgan fingerprint density at radius 1 is 1.20 bits per heavy atom. The molecule has 0 aliphatic carbocycles. The maximum atomic E-state index is 11.6. The number of nitrogens with one attached hydrogen (secondary N) is 3. The molecule has 88 valence electrons. The Labute approximate surface area is 97.0 Å². The van der Waals surface area contributed by atoms with Crippen LogP contribution in [0.4, 0.5) is 0 Å².